The Kier molecular flexibility index (Phi) is 10.3. The van der Waals surface area contributed by atoms with Gasteiger partial charge in [-0.25, -0.2) is 13.1 Å². The molecule has 1 amide bonds. The zero-order valence-electron chi connectivity index (χ0n) is 25.7. The molecule has 2 aromatic rings. The number of sulfonamides is 1. The summed E-state index contributed by atoms with van der Waals surface area (Å²) < 4.78 is 35.3. The predicted molar refractivity (Wildman–Crippen MR) is 174 cm³/mol. The van der Waals surface area contributed by atoms with Crippen LogP contribution >= 0.6 is 11.6 Å². The number of aliphatic hydroxyl groups excluding tert-OH is 1. The standard InChI is InChI=1S/C34H45ClN2O6S/c1-23-7-5-15-34(40,16-6-18-38)30-13-10-27(30)21-37-17-4-3-8-25-19-29(35)12-9-28(25)22-43-32-14-11-26(20-31(32)37)33(39)36-44(41,42)24(23)2/h5,9,11-12,14-15,19-20,23-24,27,30,38,40H,3-4,6-8,10,13,16-18,21-22H2,1-2H3,(H,36,39)/b15-5+/t23-,24+,27-,30+,34+/m0/s1. The van der Waals surface area contributed by atoms with E-state index in [4.69, 9.17) is 16.3 Å². The van der Waals surface area contributed by atoms with Gasteiger partial charge in [0.15, 0.2) is 0 Å². The molecule has 2 aliphatic heterocycles. The molecule has 5 atom stereocenters. The topological polar surface area (TPSA) is 116 Å². The number of carbonyl (C=O) groups excluding carboxylic acids is 1. The van der Waals surface area contributed by atoms with E-state index in [-0.39, 0.29) is 29.9 Å². The summed E-state index contributed by atoms with van der Waals surface area (Å²) in [7, 11) is -3.97. The minimum Gasteiger partial charge on any atom is -0.487 e. The van der Waals surface area contributed by atoms with Crippen LogP contribution in [0.15, 0.2) is 48.6 Å². The lowest BCUT2D eigenvalue weighted by Crippen LogP contribution is -2.50. The number of nitrogens with one attached hydrogen (secondary N) is 1. The van der Waals surface area contributed by atoms with E-state index in [1.165, 1.54) is 0 Å². The maximum Gasteiger partial charge on any atom is 0.264 e. The van der Waals surface area contributed by atoms with Gasteiger partial charge in [-0.2, -0.15) is 0 Å². The average molecular weight is 645 g/mol. The number of fused-ring (bicyclic) bond motifs is 3. The lowest BCUT2D eigenvalue weighted by atomic mass is 9.63. The molecule has 0 aromatic heterocycles. The van der Waals surface area contributed by atoms with E-state index in [1.807, 2.05) is 37.3 Å². The van der Waals surface area contributed by atoms with E-state index in [0.717, 1.165) is 48.9 Å². The Labute approximate surface area is 266 Å². The molecule has 2 heterocycles. The van der Waals surface area contributed by atoms with Crippen LogP contribution in [0.5, 0.6) is 5.75 Å². The molecule has 0 spiro atoms. The highest BCUT2D eigenvalue weighted by Crippen LogP contribution is 2.46. The first-order chi connectivity index (χ1) is 21.0. The molecule has 10 heteroatoms. The number of hydrogen-bond donors (Lipinski definition) is 3. The van der Waals surface area contributed by atoms with Crippen LogP contribution in [0.3, 0.4) is 0 Å². The first kappa shape index (κ1) is 32.8. The van der Waals surface area contributed by atoms with Crippen LogP contribution in [0.1, 0.15) is 80.3 Å². The monoisotopic (exact) mass is 644 g/mol. The number of hydrogen-bond acceptors (Lipinski definition) is 7. The fourth-order valence-electron chi connectivity index (χ4n) is 6.83. The third-order valence-electron chi connectivity index (χ3n) is 9.93. The van der Waals surface area contributed by atoms with Crippen molar-refractivity contribution in [2.24, 2.45) is 17.8 Å². The first-order valence-corrected chi connectivity index (χ1v) is 17.8. The van der Waals surface area contributed by atoms with Gasteiger partial charge in [-0.15, -0.1) is 0 Å². The summed E-state index contributed by atoms with van der Waals surface area (Å²) in [5.74, 6) is -0.155. The molecule has 0 saturated heterocycles. The molecule has 0 radical (unpaired) electrons. The van der Waals surface area contributed by atoms with E-state index >= 15 is 0 Å². The van der Waals surface area contributed by atoms with Gasteiger partial charge >= 0.3 is 0 Å². The Bertz CT molecular complexity index is 1480. The molecular formula is C34H45ClN2O6S. The predicted octanol–water partition coefficient (Wildman–Crippen LogP) is 5.64. The molecule has 44 heavy (non-hydrogen) atoms. The van der Waals surface area contributed by atoms with Gasteiger partial charge in [0.05, 0.1) is 16.5 Å². The quantitative estimate of drug-likeness (QED) is 0.371. The lowest BCUT2D eigenvalue weighted by molar-refractivity contribution is -0.0535. The molecule has 3 N–H and O–H groups in total. The van der Waals surface area contributed by atoms with Crippen molar-refractivity contribution in [3.8, 4) is 5.75 Å². The van der Waals surface area contributed by atoms with Crippen LogP contribution in [0.25, 0.3) is 0 Å². The second kappa shape index (κ2) is 13.8. The van der Waals surface area contributed by atoms with Gasteiger partial charge in [0, 0.05) is 30.3 Å². The van der Waals surface area contributed by atoms with Gasteiger partial charge in [-0.05, 0) is 118 Å². The van der Waals surface area contributed by atoms with E-state index in [2.05, 4.69) is 9.62 Å². The summed E-state index contributed by atoms with van der Waals surface area (Å²) in [4.78, 5) is 15.6. The molecule has 1 fully saturated rings. The van der Waals surface area contributed by atoms with Crippen LogP contribution < -0.4 is 14.4 Å². The number of anilines is 1. The maximum absolute atomic E-state index is 13.4. The first-order valence-electron chi connectivity index (χ1n) is 15.9. The number of allylic oxidation sites excluding steroid dienone is 1. The molecule has 5 rings (SSSR count). The highest BCUT2D eigenvalue weighted by atomic mass is 35.5. The number of aryl methyl sites for hydroxylation is 1. The van der Waals surface area contributed by atoms with E-state index < -0.39 is 26.8 Å². The second-order valence-corrected chi connectivity index (χ2v) is 15.3. The van der Waals surface area contributed by atoms with Gasteiger partial charge < -0.3 is 19.8 Å². The van der Waals surface area contributed by atoms with Crippen LogP contribution in [0.2, 0.25) is 5.02 Å². The molecule has 2 bridgehead atoms. The third kappa shape index (κ3) is 7.27. The Hall–Kier alpha value is -2.59. The number of amides is 1. The largest absolute Gasteiger partial charge is 0.487 e. The summed E-state index contributed by atoms with van der Waals surface area (Å²) in [5, 5.41) is 21.4. The van der Waals surface area contributed by atoms with Gasteiger partial charge in [-0.3, -0.25) is 4.79 Å². The molecule has 1 aliphatic carbocycles. The van der Waals surface area contributed by atoms with Crippen molar-refractivity contribution in [3.63, 3.8) is 0 Å². The summed E-state index contributed by atoms with van der Waals surface area (Å²) in [6, 6.07) is 11.0. The molecule has 8 nitrogen and oxygen atoms in total. The molecule has 2 aromatic carbocycles. The maximum atomic E-state index is 13.4. The highest BCUT2D eigenvalue weighted by molar-refractivity contribution is 7.90. The van der Waals surface area contributed by atoms with E-state index in [0.29, 0.717) is 49.7 Å². The SMILES string of the molecule is C[C@@H]1[C@@H](C)C/C=C/[C@@](O)(CCCO)[C@@H]2CC[C@H]2CN2CCCCc3cc(Cl)ccc3COc3ccc(cc32)C(=O)NS1(=O)=O. The van der Waals surface area contributed by atoms with Gasteiger partial charge in [0.25, 0.3) is 5.91 Å². The summed E-state index contributed by atoms with van der Waals surface area (Å²) >= 11 is 6.32. The van der Waals surface area contributed by atoms with E-state index in [9.17, 15) is 23.4 Å². The van der Waals surface area contributed by atoms with Crippen LogP contribution in [0, 0.1) is 17.8 Å². The van der Waals surface area contributed by atoms with Crippen molar-refractivity contribution in [3.05, 3.63) is 70.3 Å². The Morgan fingerprint density at radius 3 is 2.68 bits per heavy atom. The van der Waals surface area contributed by atoms with Crippen molar-refractivity contribution in [2.45, 2.75) is 82.7 Å². The normalized spacial score (nSPS) is 29.9. The van der Waals surface area contributed by atoms with Crippen molar-refractivity contribution in [1.82, 2.24) is 4.72 Å². The number of ether oxygens (including phenoxy) is 1. The minimum absolute atomic E-state index is 0.00454. The van der Waals surface area contributed by atoms with Crippen molar-refractivity contribution >= 4 is 33.2 Å². The summed E-state index contributed by atoms with van der Waals surface area (Å²) in [6.07, 6.45) is 9.58. The van der Waals surface area contributed by atoms with Gasteiger partial charge in [0.2, 0.25) is 10.0 Å². The number of rotatable bonds is 3. The molecule has 240 valence electrons. The van der Waals surface area contributed by atoms with Crippen molar-refractivity contribution < 1.29 is 28.2 Å². The van der Waals surface area contributed by atoms with Crippen LogP contribution in [0.4, 0.5) is 5.69 Å². The highest BCUT2D eigenvalue weighted by Gasteiger charge is 2.45. The molecular weight excluding hydrogens is 600 g/mol. The summed E-state index contributed by atoms with van der Waals surface area (Å²) in [5.41, 5.74) is 2.09. The number of carbonyl (C=O) groups is 1. The third-order valence-corrected chi connectivity index (χ3v) is 12.1. The van der Waals surface area contributed by atoms with Gasteiger partial charge in [0.1, 0.15) is 12.4 Å². The summed E-state index contributed by atoms with van der Waals surface area (Å²) in [6.45, 7) is 5.13. The number of halogens is 1. The number of benzene rings is 2. The smallest absolute Gasteiger partial charge is 0.264 e. The molecule has 1 saturated carbocycles. The Morgan fingerprint density at radius 2 is 1.93 bits per heavy atom. The second-order valence-electron chi connectivity index (χ2n) is 12.8. The Balaban J connectivity index is 1.56. The number of aliphatic hydroxyl groups is 2. The number of nitrogens with zero attached hydrogens (tertiary/aromatic N) is 1. The minimum atomic E-state index is -3.97. The van der Waals surface area contributed by atoms with Crippen molar-refractivity contribution in [2.75, 3.05) is 24.6 Å². The van der Waals surface area contributed by atoms with Crippen LogP contribution in [-0.4, -0.2) is 55.1 Å². The fraction of sp³-hybridized carbons (Fsp3) is 0.559. The fourth-order valence-corrected chi connectivity index (χ4v) is 8.31. The van der Waals surface area contributed by atoms with Crippen molar-refractivity contribution in [1.29, 1.82) is 0 Å². The molecule has 3 aliphatic rings. The van der Waals surface area contributed by atoms with Gasteiger partial charge in [-0.1, -0.05) is 36.7 Å². The van der Waals surface area contributed by atoms with Crippen LogP contribution in [-0.2, 0) is 23.1 Å². The Morgan fingerprint density at radius 1 is 1.11 bits per heavy atom. The van der Waals surface area contributed by atoms with E-state index in [1.54, 1.807) is 25.1 Å². The molecule has 0 unspecified atom stereocenters. The lowest BCUT2D eigenvalue weighted by Gasteiger charge is -2.48. The zero-order chi connectivity index (χ0) is 31.5. The zero-order valence-corrected chi connectivity index (χ0v) is 27.2. The average Bonchev–Trinajstić information content (AvgIpc) is 3.00.